The summed E-state index contributed by atoms with van der Waals surface area (Å²) in [6.07, 6.45) is 0. The molecule has 0 spiro atoms. The Balaban J connectivity index is 1.46. The molecule has 0 atom stereocenters. The van der Waals surface area contributed by atoms with Crippen LogP contribution in [0.1, 0.15) is 5.56 Å². The number of anilines is 2. The van der Waals surface area contributed by atoms with Crippen LogP contribution < -0.4 is 10.2 Å². The Kier molecular flexibility index (Phi) is 4.44. The smallest absolute Gasteiger partial charge is 0.316 e. The van der Waals surface area contributed by atoms with E-state index in [1.165, 1.54) is 11.3 Å². The number of benzene rings is 1. The first kappa shape index (κ1) is 15.2. The summed E-state index contributed by atoms with van der Waals surface area (Å²) < 4.78 is 11.1. The van der Waals surface area contributed by atoms with Gasteiger partial charge in [0.2, 0.25) is 0 Å². The minimum Gasteiger partial charge on any atom is -0.403 e. The van der Waals surface area contributed by atoms with Crippen molar-refractivity contribution in [3.05, 3.63) is 47.3 Å². The zero-order valence-electron chi connectivity index (χ0n) is 13.1. The Labute approximate surface area is 144 Å². The predicted octanol–water partition coefficient (Wildman–Crippen LogP) is 3.25. The maximum Gasteiger partial charge on any atom is 0.316 e. The van der Waals surface area contributed by atoms with Gasteiger partial charge in [-0.15, -0.1) is 16.4 Å². The fraction of sp³-hybridized carbons (Fsp3) is 0.294. The molecule has 3 aromatic rings. The second kappa shape index (κ2) is 7.02. The molecule has 3 heterocycles. The van der Waals surface area contributed by atoms with Crippen LogP contribution >= 0.6 is 11.3 Å². The quantitative estimate of drug-likeness (QED) is 0.768. The van der Waals surface area contributed by atoms with E-state index in [4.69, 9.17) is 9.15 Å². The van der Waals surface area contributed by atoms with Crippen LogP contribution in [0.2, 0.25) is 0 Å². The SMILES string of the molecule is c1csc(-c2nnc(NCc3ccccc3N3CCOCC3)o2)c1. The lowest BCUT2D eigenvalue weighted by Gasteiger charge is -2.30. The first-order valence-electron chi connectivity index (χ1n) is 7.92. The van der Waals surface area contributed by atoms with E-state index in [0.717, 1.165) is 31.2 Å². The van der Waals surface area contributed by atoms with Crippen LogP contribution in [0.25, 0.3) is 10.8 Å². The maximum absolute atomic E-state index is 5.68. The first-order valence-corrected chi connectivity index (χ1v) is 8.80. The molecule has 0 aliphatic carbocycles. The number of nitrogens with zero attached hydrogens (tertiary/aromatic N) is 3. The number of hydrogen-bond donors (Lipinski definition) is 1. The van der Waals surface area contributed by atoms with Crippen LogP contribution in [0, 0.1) is 0 Å². The summed E-state index contributed by atoms with van der Waals surface area (Å²) in [5, 5.41) is 13.4. The standard InChI is InChI=1S/C17H18N4O2S/c1-2-5-14(21-7-9-22-10-8-21)13(4-1)12-18-17-20-19-16(23-17)15-6-3-11-24-15/h1-6,11H,7-10,12H2,(H,18,20). The molecule has 7 heteroatoms. The number of morpholine rings is 1. The van der Waals surface area contributed by atoms with Gasteiger partial charge in [0, 0.05) is 25.3 Å². The van der Waals surface area contributed by atoms with Crippen molar-refractivity contribution in [2.24, 2.45) is 0 Å². The Bertz CT molecular complexity index is 782. The number of aromatic nitrogens is 2. The predicted molar refractivity (Wildman–Crippen MR) is 94.4 cm³/mol. The summed E-state index contributed by atoms with van der Waals surface area (Å²) in [4.78, 5) is 3.33. The highest BCUT2D eigenvalue weighted by molar-refractivity contribution is 7.13. The van der Waals surface area contributed by atoms with E-state index in [1.807, 2.05) is 23.6 Å². The molecule has 1 aliphatic heterocycles. The molecule has 0 saturated carbocycles. The molecule has 0 radical (unpaired) electrons. The molecule has 0 unspecified atom stereocenters. The van der Waals surface area contributed by atoms with Crippen molar-refractivity contribution < 1.29 is 9.15 Å². The number of para-hydroxylation sites is 1. The van der Waals surface area contributed by atoms with E-state index in [2.05, 4.69) is 38.6 Å². The molecule has 6 nitrogen and oxygen atoms in total. The Hall–Kier alpha value is -2.38. The molecule has 4 rings (SSSR count). The Morgan fingerprint density at radius 1 is 1.08 bits per heavy atom. The van der Waals surface area contributed by atoms with Crippen LogP contribution in [0.3, 0.4) is 0 Å². The van der Waals surface area contributed by atoms with Gasteiger partial charge >= 0.3 is 6.01 Å². The number of ether oxygens (including phenoxy) is 1. The van der Waals surface area contributed by atoms with Gasteiger partial charge in [0.1, 0.15) is 0 Å². The number of thiophene rings is 1. The van der Waals surface area contributed by atoms with Gasteiger partial charge in [-0.3, -0.25) is 0 Å². The highest BCUT2D eigenvalue weighted by Gasteiger charge is 2.15. The fourth-order valence-corrected chi connectivity index (χ4v) is 3.38. The van der Waals surface area contributed by atoms with E-state index in [0.29, 0.717) is 18.5 Å². The average molecular weight is 342 g/mol. The molecule has 0 bridgehead atoms. The summed E-state index contributed by atoms with van der Waals surface area (Å²) >= 11 is 1.58. The molecule has 1 aromatic carbocycles. The van der Waals surface area contributed by atoms with Crippen molar-refractivity contribution in [3.8, 4) is 10.8 Å². The van der Waals surface area contributed by atoms with Crippen molar-refractivity contribution in [2.75, 3.05) is 36.5 Å². The largest absolute Gasteiger partial charge is 0.403 e. The molecule has 1 saturated heterocycles. The van der Waals surface area contributed by atoms with Gasteiger partial charge in [-0.2, -0.15) is 0 Å². The normalized spacial score (nSPS) is 14.8. The summed E-state index contributed by atoms with van der Waals surface area (Å²) in [5.41, 5.74) is 2.43. The zero-order valence-corrected chi connectivity index (χ0v) is 14.0. The third-order valence-electron chi connectivity index (χ3n) is 3.93. The fourth-order valence-electron chi connectivity index (χ4n) is 2.74. The van der Waals surface area contributed by atoms with Crippen molar-refractivity contribution in [1.82, 2.24) is 10.2 Å². The molecule has 1 fully saturated rings. The third kappa shape index (κ3) is 3.27. The van der Waals surface area contributed by atoms with Crippen LogP contribution in [-0.2, 0) is 11.3 Å². The Morgan fingerprint density at radius 3 is 2.79 bits per heavy atom. The second-order valence-electron chi connectivity index (χ2n) is 5.47. The number of hydrogen-bond acceptors (Lipinski definition) is 7. The lowest BCUT2D eigenvalue weighted by molar-refractivity contribution is 0.122. The van der Waals surface area contributed by atoms with Gasteiger partial charge in [-0.25, -0.2) is 0 Å². The van der Waals surface area contributed by atoms with Crippen LogP contribution in [-0.4, -0.2) is 36.5 Å². The highest BCUT2D eigenvalue weighted by atomic mass is 32.1. The number of nitrogens with one attached hydrogen (secondary N) is 1. The maximum atomic E-state index is 5.68. The Morgan fingerprint density at radius 2 is 1.96 bits per heavy atom. The lowest BCUT2D eigenvalue weighted by atomic mass is 10.1. The zero-order chi connectivity index (χ0) is 16.2. The van der Waals surface area contributed by atoms with E-state index < -0.39 is 0 Å². The highest BCUT2D eigenvalue weighted by Crippen LogP contribution is 2.26. The minimum atomic E-state index is 0.440. The summed E-state index contributed by atoms with van der Waals surface area (Å²) in [5.74, 6) is 0.550. The molecular formula is C17H18N4O2S. The van der Waals surface area contributed by atoms with Gasteiger partial charge in [0.15, 0.2) is 0 Å². The van der Waals surface area contributed by atoms with E-state index in [-0.39, 0.29) is 0 Å². The van der Waals surface area contributed by atoms with Crippen LogP contribution in [0.5, 0.6) is 0 Å². The summed E-state index contributed by atoms with van der Waals surface area (Å²) in [7, 11) is 0. The molecule has 24 heavy (non-hydrogen) atoms. The van der Waals surface area contributed by atoms with Crippen molar-refractivity contribution in [2.45, 2.75) is 6.54 Å². The molecular weight excluding hydrogens is 324 g/mol. The summed E-state index contributed by atoms with van der Waals surface area (Å²) in [6, 6.07) is 12.8. The number of rotatable bonds is 5. The molecule has 1 aliphatic rings. The van der Waals surface area contributed by atoms with Gasteiger partial charge in [0.25, 0.3) is 5.89 Å². The third-order valence-corrected chi connectivity index (χ3v) is 4.79. The van der Waals surface area contributed by atoms with E-state index >= 15 is 0 Å². The summed E-state index contributed by atoms with van der Waals surface area (Å²) in [6.45, 7) is 4.02. The second-order valence-corrected chi connectivity index (χ2v) is 6.42. The van der Waals surface area contributed by atoms with Crippen LogP contribution in [0.4, 0.5) is 11.7 Å². The van der Waals surface area contributed by atoms with E-state index in [1.54, 1.807) is 11.3 Å². The van der Waals surface area contributed by atoms with Gasteiger partial charge in [-0.1, -0.05) is 29.4 Å². The van der Waals surface area contributed by atoms with Crippen molar-refractivity contribution in [3.63, 3.8) is 0 Å². The minimum absolute atomic E-state index is 0.440. The average Bonchev–Trinajstić information content (AvgIpc) is 3.32. The monoisotopic (exact) mass is 342 g/mol. The molecule has 1 N–H and O–H groups in total. The molecule has 2 aromatic heterocycles. The van der Waals surface area contributed by atoms with Crippen molar-refractivity contribution in [1.29, 1.82) is 0 Å². The lowest BCUT2D eigenvalue weighted by Crippen LogP contribution is -2.36. The van der Waals surface area contributed by atoms with E-state index in [9.17, 15) is 0 Å². The van der Waals surface area contributed by atoms with Gasteiger partial charge < -0.3 is 19.4 Å². The van der Waals surface area contributed by atoms with Crippen LogP contribution in [0.15, 0.2) is 46.2 Å². The van der Waals surface area contributed by atoms with Gasteiger partial charge in [-0.05, 0) is 23.1 Å². The topological polar surface area (TPSA) is 63.4 Å². The van der Waals surface area contributed by atoms with Gasteiger partial charge in [0.05, 0.1) is 18.1 Å². The molecule has 124 valence electrons. The van der Waals surface area contributed by atoms with Crippen molar-refractivity contribution >= 4 is 23.0 Å². The first-order chi connectivity index (χ1) is 11.9. The molecule has 0 amide bonds.